The van der Waals surface area contributed by atoms with Crippen LogP contribution in [0.5, 0.6) is 0 Å². The standard InChI is InChI=1S/C24H36N4O5S.C20H28N4O5S/c1-24(2,3)32-22(29)15-19(12-7-11-18-9-5-4-6-10-18)23-27-21(28-33-23)17-26-34(30,31)20-13-8-14-25-16-20;25-19(26)12-16(9-4-8-15-6-2-1-3-7-15)20-23-18(24-29-20)14-22-30(27,28)17-10-5-11-21-13-17/h8,13-14,16,18-19,26H,4-7,9-12,15,17H2,1-3H3;5,10-11,13,15-16,22H,1-4,6-9,12,14H2,(H,25,26)/t19-;16-/m11/s1. The second kappa shape index (κ2) is 24.6. The quantitative estimate of drug-likeness (QED) is 0.0636. The van der Waals surface area contributed by atoms with Crippen molar-refractivity contribution in [3.05, 3.63) is 72.5 Å². The van der Waals surface area contributed by atoms with Crippen molar-refractivity contribution >= 4 is 32.0 Å². The van der Waals surface area contributed by atoms with Crippen LogP contribution in [-0.2, 0) is 47.5 Å². The smallest absolute Gasteiger partial charge is 0.307 e. The molecule has 2 atom stereocenters. The summed E-state index contributed by atoms with van der Waals surface area (Å²) in [5.41, 5.74) is -0.575. The summed E-state index contributed by atoms with van der Waals surface area (Å²) in [6.45, 7) is 5.23. The first kappa shape index (κ1) is 50.3. The molecule has 4 heterocycles. The maximum atomic E-state index is 12.5. The molecule has 4 aromatic rings. The van der Waals surface area contributed by atoms with Crippen LogP contribution in [0.25, 0.3) is 0 Å². The van der Waals surface area contributed by atoms with Gasteiger partial charge in [0.1, 0.15) is 15.4 Å². The highest BCUT2D eigenvalue weighted by Crippen LogP contribution is 2.33. The molecule has 0 aliphatic heterocycles. The number of carboxylic acid groups (broad SMARTS) is 1. The van der Waals surface area contributed by atoms with Crippen LogP contribution in [0.3, 0.4) is 0 Å². The van der Waals surface area contributed by atoms with Gasteiger partial charge >= 0.3 is 11.9 Å². The highest BCUT2D eigenvalue weighted by molar-refractivity contribution is 7.89. The summed E-state index contributed by atoms with van der Waals surface area (Å²) in [5.74, 6) is 0.560. The molecule has 0 aromatic carbocycles. The molecule has 3 N–H and O–H groups in total. The van der Waals surface area contributed by atoms with Gasteiger partial charge in [0.05, 0.1) is 25.9 Å². The van der Waals surface area contributed by atoms with Gasteiger partial charge in [-0.05, 0) is 69.7 Å². The van der Waals surface area contributed by atoms with Gasteiger partial charge in [0.2, 0.25) is 31.8 Å². The van der Waals surface area contributed by atoms with Gasteiger partial charge in [0.25, 0.3) is 0 Å². The third kappa shape index (κ3) is 17.4. The molecule has 2 aliphatic carbocycles. The minimum absolute atomic E-state index is 0.0418. The Morgan fingerprint density at radius 1 is 0.719 bits per heavy atom. The van der Waals surface area contributed by atoms with Crippen molar-refractivity contribution in [2.75, 3.05) is 0 Å². The maximum absolute atomic E-state index is 12.5. The van der Waals surface area contributed by atoms with Crippen LogP contribution in [0, 0.1) is 11.8 Å². The lowest BCUT2D eigenvalue weighted by atomic mass is 9.84. The van der Waals surface area contributed by atoms with Crippen LogP contribution < -0.4 is 9.44 Å². The molecule has 0 bridgehead atoms. The van der Waals surface area contributed by atoms with Gasteiger partial charge < -0.3 is 18.9 Å². The molecule has 2 fully saturated rings. The van der Waals surface area contributed by atoms with Gasteiger partial charge in [-0.25, -0.2) is 26.3 Å². The van der Waals surface area contributed by atoms with Crippen molar-refractivity contribution < 1.29 is 45.3 Å². The van der Waals surface area contributed by atoms with Crippen molar-refractivity contribution in [2.45, 2.75) is 177 Å². The molecule has 0 spiro atoms. The second-order valence-corrected chi connectivity index (χ2v) is 21.3. The molecule has 0 radical (unpaired) electrons. The van der Waals surface area contributed by atoms with E-state index in [0.717, 1.165) is 43.9 Å². The Bertz CT molecular complexity index is 2240. The van der Waals surface area contributed by atoms with Gasteiger partial charge in [-0.1, -0.05) is 100 Å². The van der Waals surface area contributed by atoms with Crippen LogP contribution in [0.4, 0.5) is 0 Å². The number of rotatable bonds is 22. The number of hydrogen-bond acceptors (Lipinski definition) is 15. The number of hydrogen-bond donors (Lipinski definition) is 3. The summed E-state index contributed by atoms with van der Waals surface area (Å²) in [6, 6.07) is 5.98. The Labute approximate surface area is 376 Å². The lowest BCUT2D eigenvalue weighted by Gasteiger charge is -2.23. The Kier molecular flexibility index (Phi) is 19.3. The first-order valence-corrected chi connectivity index (χ1v) is 25.4. The number of pyridine rings is 2. The Hall–Kier alpha value is -4.66. The lowest BCUT2D eigenvalue weighted by molar-refractivity contribution is -0.155. The van der Waals surface area contributed by atoms with E-state index in [0.29, 0.717) is 12.3 Å². The monoisotopic (exact) mass is 928 g/mol. The van der Waals surface area contributed by atoms with Crippen LogP contribution in [-0.4, -0.2) is 69.7 Å². The number of carbonyl (C=O) groups excluding carboxylic acids is 1. The van der Waals surface area contributed by atoms with Crippen LogP contribution in [0.1, 0.15) is 172 Å². The third-order valence-corrected chi connectivity index (χ3v) is 14.2. The van der Waals surface area contributed by atoms with Gasteiger partial charge in [-0.3, -0.25) is 19.6 Å². The zero-order chi connectivity index (χ0) is 46.0. The predicted molar refractivity (Wildman–Crippen MR) is 234 cm³/mol. The average molecular weight is 929 g/mol. The molecule has 0 saturated heterocycles. The third-order valence-electron chi connectivity index (χ3n) is 11.4. The van der Waals surface area contributed by atoms with Crippen LogP contribution in [0.2, 0.25) is 0 Å². The number of esters is 1. The topological polar surface area (TPSA) is 260 Å². The lowest BCUT2D eigenvalue weighted by Crippen LogP contribution is -2.25. The maximum Gasteiger partial charge on any atom is 0.307 e. The number of aromatic nitrogens is 6. The number of carbonyl (C=O) groups is 2. The van der Waals surface area contributed by atoms with Crippen molar-refractivity contribution in [1.82, 2.24) is 39.7 Å². The second-order valence-electron chi connectivity index (χ2n) is 17.8. The van der Waals surface area contributed by atoms with Crippen LogP contribution in [0.15, 0.2) is 67.9 Å². The normalized spacial score (nSPS) is 16.4. The van der Waals surface area contributed by atoms with Crippen molar-refractivity contribution in [1.29, 1.82) is 0 Å². The highest BCUT2D eigenvalue weighted by Gasteiger charge is 2.28. The number of sulfonamides is 2. The number of carboxylic acids is 1. The fourth-order valence-electron chi connectivity index (χ4n) is 8.19. The summed E-state index contributed by atoms with van der Waals surface area (Å²) < 4.78 is 70.5. The summed E-state index contributed by atoms with van der Waals surface area (Å²) >= 11 is 0. The largest absolute Gasteiger partial charge is 0.481 e. The molecule has 352 valence electrons. The average Bonchev–Trinajstić information content (AvgIpc) is 3.96. The van der Waals surface area contributed by atoms with Crippen molar-refractivity contribution in [3.63, 3.8) is 0 Å². The fraction of sp³-hybridized carbons (Fsp3) is 0.636. The van der Waals surface area contributed by atoms with Crippen molar-refractivity contribution in [2.24, 2.45) is 11.8 Å². The van der Waals surface area contributed by atoms with E-state index in [1.165, 1.54) is 107 Å². The van der Waals surface area contributed by atoms with Gasteiger partial charge in [-0.2, -0.15) is 9.97 Å². The first-order chi connectivity index (χ1) is 30.6. The number of aliphatic carboxylic acids is 1. The van der Waals surface area contributed by atoms with E-state index in [4.69, 9.17) is 13.8 Å². The number of nitrogens with one attached hydrogen (secondary N) is 2. The van der Waals surface area contributed by atoms with E-state index < -0.39 is 31.6 Å². The summed E-state index contributed by atoms with van der Waals surface area (Å²) in [6.07, 6.45) is 23.9. The molecule has 0 unspecified atom stereocenters. The van der Waals surface area contributed by atoms with Crippen LogP contribution >= 0.6 is 0 Å². The summed E-state index contributed by atoms with van der Waals surface area (Å²) in [4.78, 5) is 40.2. The van der Waals surface area contributed by atoms with E-state index in [2.05, 4.69) is 39.7 Å². The molecule has 64 heavy (non-hydrogen) atoms. The minimum atomic E-state index is -3.74. The zero-order valence-corrected chi connectivity index (χ0v) is 38.8. The Morgan fingerprint density at radius 2 is 1.16 bits per heavy atom. The van der Waals surface area contributed by atoms with E-state index in [1.54, 1.807) is 6.07 Å². The van der Waals surface area contributed by atoms with Gasteiger partial charge in [0, 0.05) is 36.6 Å². The molecular weight excluding hydrogens is 865 g/mol. The van der Waals surface area contributed by atoms with E-state index >= 15 is 0 Å². The zero-order valence-electron chi connectivity index (χ0n) is 37.2. The number of nitrogens with zero attached hydrogens (tertiary/aromatic N) is 6. The van der Waals surface area contributed by atoms with E-state index in [-0.39, 0.29) is 71.1 Å². The molecular formula is C44H64N8O10S2. The molecule has 4 aromatic heterocycles. The molecule has 6 rings (SSSR count). The van der Waals surface area contributed by atoms with Gasteiger partial charge in [0.15, 0.2) is 11.6 Å². The SMILES string of the molecule is CC(C)(C)OC(=O)C[C@@H](CCCC1CCCCC1)c1nc(CNS(=O)(=O)c2cccnc2)no1.O=C(O)C[C@@H](CCCC1CCCCC1)c1nc(CNS(=O)(=O)c2cccnc2)no1. The molecule has 18 nitrogen and oxygen atoms in total. The first-order valence-electron chi connectivity index (χ1n) is 22.4. The molecule has 2 saturated carbocycles. The molecule has 0 amide bonds. The predicted octanol–water partition coefficient (Wildman–Crippen LogP) is 7.76. The van der Waals surface area contributed by atoms with E-state index in [1.807, 2.05) is 20.8 Å². The summed E-state index contributed by atoms with van der Waals surface area (Å²) in [5, 5.41) is 17.0. The fourth-order valence-corrected chi connectivity index (χ4v) is 10.1. The van der Waals surface area contributed by atoms with E-state index in [9.17, 15) is 31.5 Å². The molecule has 2 aliphatic rings. The van der Waals surface area contributed by atoms with Gasteiger partial charge in [-0.15, -0.1) is 0 Å². The van der Waals surface area contributed by atoms with Crippen molar-refractivity contribution in [3.8, 4) is 0 Å². The minimum Gasteiger partial charge on any atom is -0.481 e. The Balaban J connectivity index is 0.000000243. The Morgan fingerprint density at radius 3 is 1.55 bits per heavy atom. The highest BCUT2D eigenvalue weighted by atomic mass is 32.2. The molecule has 20 heteroatoms. The summed E-state index contributed by atoms with van der Waals surface area (Å²) in [7, 11) is -7.49. The number of ether oxygens (including phenoxy) is 1.